The van der Waals surface area contributed by atoms with Crippen LogP contribution in [0, 0.1) is 0 Å². The quantitative estimate of drug-likeness (QED) is 0.745. The second-order valence-corrected chi connectivity index (χ2v) is 9.88. The highest BCUT2D eigenvalue weighted by atomic mass is 32.2. The number of hydrogen-bond acceptors (Lipinski definition) is 4. The number of nitrogens with two attached hydrogens (primary N) is 1. The smallest absolute Gasteiger partial charge is 0.354 e. The number of nitrogens with zero attached hydrogens (tertiary/aromatic N) is 3. The molecule has 0 saturated carbocycles. The molecule has 31 heavy (non-hydrogen) atoms. The molecular formula is C20H23F2N5O3S. The van der Waals surface area contributed by atoms with Crippen molar-refractivity contribution >= 4 is 21.6 Å². The fourth-order valence-electron chi connectivity index (χ4n) is 4.85. The van der Waals surface area contributed by atoms with Gasteiger partial charge in [0.15, 0.2) is 9.92 Å². The summed E-state index contributed by atoms with van der Waals surface area (Å²) in [6.45, 7) is 1.02. The summed E-state index contributed by atoms with van der Waals surface area (Å²) in [4.78, 5) is 12.8. The van der Waals surface area contributed by atoms with Crippen molar-refractivity contribution < 1.29 is 22.5 Å². The standard InChI is InChI=1S/C20H23F2N5O3S/c21-18(22)14-6-5-12-9-11-3-1-4-13(11)17(16(12)14)25-20(28)26-31(23,29)15-10-24-27-7-2-8-30-19(15)27/h9-10,14,18H,1-8H2,(H3,23,25,26,28,29)/t14?,31-/m1/s1. The molecular weight excluding hydrogens is 428 g/mol. The Kier molecular flexibility index (Phi) is 4.97. The molecule has 2 aliphatic carbocycles. The number of urea groups is 1. The molecule has 0 spiro atoms. The van der Waals surface area contributed by atoms with Crippen LogP contribution in [0.4, 0.5) is 19.3 Å². The van der Waals surface area contributed by atoms with E-state index in [4.69, 9.17) is 9.88 Å². The Hall–Kier alpha value is -2.53. The molecule has 2 atom stereocenters. The van der Waals surface area contributed by atoms with Crippen LogP contribution in [-0.2, 0) is 35.7 Å². The first kappa shape index (κ1) is 20.4. The summed E-state index contributed by atoms with van der Waals surface area (Å²) in [6, 6.07) is 1.07. The molecule has 3 N–H and O–H groups in total. The topological polar surface area (TPSA) is 112 Å². The highest BCUT2D eigenvalue weighted by Gasteiger charge is 2.36. The summed E-state index contributed by atoms with van der Waals surface area (Å²) in [5.74, 6) is -0.691. The molecule has 2 amide bonds. The number of amides is 2. The molecule has 1 aliphatic heterocycles. The van der Waals surface area contributed by atoms with Gasteiger partial charge in [0, 0.05) is 24.6 Å². The maximum absolute atomic E-state index is 13.7. The van der Waals surface area contributed by atoms with Crippen molar-refractivity contribution in [3.05, 3.63) is 34.5 Å². The van der Waals surface area contributed by atoms with Gasteiger partial charge >= 0.3 is 6.03 Å². The van der Waals surface area contributed by atoms with Crippen molar-refractivity contribution in [2.75, 3.05) is 11.9 Å². The molecule has 0 fully saturated rings. The molecule has 1 unspecified atom stereocenters. The van der Waals surface area contributed by atoms with Crippen molar-refractivity contribution in [2.45, 2.75) is 62.3 Å². The first-order chi connectivity index (χ1) is 14.8. The molecule has 11 heteroatoms. The van der Waals surface area contributed by atoms with Crippen LogP contribution in [0.5, 0.6) is 5.88 Å². The Morgan fingerprint density at radius 2 is 2.16 bits per heavy atom. The molecule has 1 aromatic heterocycles. The van der Waals surface area contributed by atoms with Gasteiger partial charge in [0.05, 0.1) is 12.8 Å². The third-order valence-corrected chi connectivity index (χ3v) is 7.55. The third-order valence-electron chi connectivity index (χ3n) is 6.20. The maximum Gasteiger partial charge on any atom is 0.354 e. The lowest BCUT2D eigenvalue weighted by molar-refractivity contribution is 0.114. The number of fused-ring (bicyclic) bond motifs is 3. The molecule has 5 rings (SSSR count). The molecule has 0 radical (unpaired) electrons. The van der Waals surface area contributed by atoms with E-state index in [1.165, 1.54) is 10.9 Å². The molecule has 166 valence electrons. The number of aryl methyl sites for hydroxylation is 3. The molecule has 2 aromatic rings. The van der Waals surface area contributed by atoms with E-state index in [0.29, 0.717) is 43.7 Å². The first-order valence-corrected chi connectivity index (χ1v) is 11.9. The number of alkyl halides is 2. The van der Waals surface area contributed by atoms with Crippen molar-refractivity contribution in [1.29, 1.82) is 0 Å². The number of benzene rings is 1. The first-order valence-electron chi connectivity index (χ1n) is 10.4. The number of aromatic nitrogens is 2. The van der Waals surface area contributed by atoms with Gasteiger partial charge < -0.3 is 10.1 Å². The second kappa shape index (κ2) is 7.56. The van der Waals surface area contributed by atoms with E-state index in [1.807, 2.05) is 6.07 Å². The van der Waals surface area contributed by atoms with E-state index < -0.39 is 28.3 Å². The predicted molar refractivity (Wildman–Crippen MR) is 110 cm³/mol. The summed E-state index contributed by atoms with van der Waals surface area (Å²) in [5.41, 5.74) is 3.65. The fraction of sp³-hybridized carbons (Fsp3) is 0.500. The van der Waals surface area contributed by atoms with Crippen molar-refractivity contribution in [3.63, 3.8) is 0 Å². The number of carbonyl (C=O) groups is 1. The van der Waals surface area contributed by atoms with Gasteiger partial charge in [-0.25, -0.2) is 27.6 Å². The van der Waals surface area contributed by atoms with Crippen LogP contribution in [0.3, 0.4) is 0 Å². The lowest BCUT2D eigenvalue weighted by Gasteiger charge is -2.19. The Labute approximate surface area is 178 Å². The molecule has 0 bridgehead atoms. The predicted octanol–water partition coefficient (Wildman–Crippen LogP) is 3.38. The molecule has 3 aliphatic rings. The summed E-state index contributed by atoms with van der Waals surface area (Å²) in [5, 5.41) is 12.7. The third kappa shape index (κ3) is 3.49. The van der Waals surface area contributed by atoms with Crippen molar-refractivity contribution in [2.24, 2.45) is 9.50 Å². The van der Waals surface area contributed by atoms with Gasteiger partial charge in [-0.05, 0) is 54.4 Å². The van der Waals surface area contributed by atoms with E-state index in [9.17, 15) is 17.8 Å². The molecule has 0 saturated heterocycles. The number of nitrogens with one attached hydrogen (secondary N) is 1. The van der Waals surface area contributed by atoms with E-state index in [1.54, 1.807) is 0 Å². The summed E-state index contributed by atoms with van der Waals surface area (Å²) in [7, 11) is -3.63. The average molecular weight is 451 g/mol. The van der Waals surface area contributed by atoms with Gasteiger partial charge in [-0.3, -0.25) is 0 Å². The zero-order valence-corrected chi connectivity index (χ0v) is 17.6. The minimum atomic E-state index is -3.63. The van der Waals surface area contributed by atoms with Crippen LogP contribution in [-0.4, -0.2) is 33.1 Å². The molecule has 2 heterocycles. The van der Waals surface area contributed by atoms with Gasteiger partial charge in [-0.1, -0.05) is 6.07 Å². The van der Waals surface area contributed by atoms with E-state index in [2.05, 4.69) is 14.8 Å². The maximum atomic E-state index is 13.7. The fourth-order valence-corrected chi connectivity index (χ4v) is 5.85. The number of ether oxygens (including phenoxy) is 1. The lowest BCUT2D eigenvalue weighted by Crippen LogP contribution is -2.21. The van der Waals surface area contributed by atoms with Gasteiger partial charge in [-0.2, -0.15) is 5.10 Å². The van der Waals surface area contributed by atoms with Crippen molar-refractivity contribution in [3.8, 4) is 5.88 Å². The largest absolute Gasteiger partial charge is 0.477 e. The van der Waals surface area contributed by atoms with Crippen LogP contribution >= 0.6 is 0 Å². The summed E-state index contributed by atoms with van der Waals surface area (Å²) < 4.78 is 51.2. The van der Waals surface area contributed by atoms with E-state index in [0.717, 1.165) is 36.0 Å². The lowest BCUT2D eigenvalue weighted by atomic mass is 9.94. The number of carbonyl (C=O) groups excluding carboxylic acids is 1. The van der Waals surface area contributed by atoms with Crippen LogP contribution in [0.1, 0.15) is 47.4 Å². The van der Waals surface area contributed by atoms with E-state index >= 15 is 0 Å². The summed E-state index contributed by atoms with van der Waals surface area (Å²) in [6.07, 6.45) is 2.84. The van der Waals surface area contributed by atoms with E-state index in [-0.39, 0.29) is 10.8 Å². The summed E-state index contributed by atoms with van der Waals surface area (Å²) >= 11 is 0. The zero-order chi connectivity index (χ0) is 21.8. The average Bonchev–Trinajstić information content (AvgIpc) is 3.44. The van der Waals surface area contributed by atoms with Crippen LogP contribution in [0.2, 0.25) is 0 Å². The van der Waals surface area contributed by atoms with Crippen LogP contribution in [0.25, 0.3) is 0 Å². The normalized spacial score (nSPS) is 21.1. The molecule has 1 aromatic carbocycles. The highest BCUT2D eigenvalue weighted by Crippen LogP contribution is 2.46. The highest BCUT2D eigenvalue weighted by molar-refractivity contribution is 7.91. The minimum Gasteiger partial charge on any atom is -0.477 e. The monoisotopic (exact) mass is 451 g/mol. The van der Waals surface area contributed by atoms with Crippen molar-refractivity contribution in [1.82, 2.24) is 9.78 Å². The Morgan fingerprint density at radius 1 is 1.32 bits per heavy atom. The number of anilines is 1. The van der Waals surface area contributed by atoms with Gasteiger partial charge in [0.2, 0.25) is 12.3 Å². The van der Waals surface area contributed by atoms with Gasteiger partial charge in [0.1, 0.15) is 4.90 Å². The number of rotatable bonds is 3. The number of halogens is 2. The van der Waals surface area contributed by atoms with Crippen LogP contribution in [0.15, 0.2) is 21.5 Å². The number of hydrogen-bond donors (Lipinski definition) is 2. The zero-order valence-electron chi connectivity index (χ0n) is 16.8. The van der Waals surface area contributed by atoms with Gasteiger partial charge in [-0.15, -0.1) is 4.36 Å². The molecule has 8 nitrogen and oxygen atoms in total. The minimum absolute atomic E-state index is 0.0522. The van der Waals surface area contributed by atoms with Gasteiger partial charge in [0.25, 0.3) is 0 Å². The Bertz CT molecular complexity index is 1190. The Morgan fingerprint density at radius 3 is 2.97 bits per heavy atom. The Balaban J connectivity index is 1.52. The SMILES string of the molecule is N[S@@](=O)(=NC(=O)Nc1c2c(cc3c1C(C(F)F)CC3)CCC2)c1cnn2c1OCCC2. The second-order valence-electron chi connectivity index (χ2n) is 8.12. The van der Waals surface area contributed by atoms with Crippen LogP contribution < -0.4 is 15.2 Å².